The molecule has 3 rings (SSSR count). The van der Waals surface area contributed by atoms with Gasteiger partial charge in [0.2, 0.25) is 5.91 Å². The molecule has 1 aliphatic rings. The van der Waals surface area contributed by atoms with Crippen molar-refractivity contribution in [1.82, 2.24) is 10.3 Å². The van der Waals surface area contributed by atoms with E-state index in [1.165, 1.54) is 10.9 Å². The summed E-state index contributed by atoms with van der Waals surface area (Å²) >= 11 is 0. The molecule has 3 N–H and O–H groups in total. The zero-order valence-corrected chi connectivity index (χ0v) is 14.2. The lowest BCUT2D eigenvalue weighted by Crippen LogP contribution is -2.48. The topological polar surface area (TPSA) is 91.4 Å². The van der Waals surface area contributed by atoms with Gasteiger partial charge in [0, 0.05) is 36.0 Å². The Bertz CT molecular complexity index is 734. The number of rotatable bonds is 7. The van der Waals surface area contributed by atoms with Crippen LogP contribution in [0.3, 0.4) is 0 Å². The number of ether oxygens (including phenoxy) is 1. The van der Waals surface area contributed by atoms with Crippen molar-refractivity contribution in [3.8, 4) is 0 Å². The van der Waals surface area contributed by atoms with E-state index in [-0.39, 0.29) is 11.8 Å². The van der Waals surface area contributed by atoms with Crippen LogP contribution >= 0.6 is 0 Å². The molecule has 25 heavy (non-hydrogen) atoms. The summed E-state index contributed by atoms with van der Waals surface area (Å²) in [5, 5.41) is 13.2. The molecule has 134 valence electrons. The Morgan fingerprint density at radius 3 is 2.96 bits per heavy atom. The maximum atomic E-state index is 12.2. The molecule has 2 aromatic rings. The van der Waals surface area contributed by atoms with E-state index in [2.05, 4.69) is 16.4 Å². The van der Waals surface area contributed by atoms with Crippen LogP contribution in [0.4, 0.5) is 0 Å². The summed E-state index contributed by atoms with van der Waals surface area (Å²) in [6.45, 7) is 1.06. The number of hydrogen-bond donors (Lipinski definition) is 3. The summed E-state index contributed by atoms with van der Waals surface area (Å²) in [4.78, 5) is 26.9. The minimum atomic E-state index is -0.986. The van der Waals surface area contributed by atoms with Gasteiger partial charge in [-0.05, 0) is 37.3 Å². The normalized spacial score (nSPS) is 18.8. The Labute approximate surface area is 146 Å². The van der Waals surface area contributed by atoms with E-state index in [1.807, 2.05) is 24.4 Å². The number of hydrogen-bond acceptors (Lipinski definition) is 3. The second-order valence-electron chi connectivity index (χ2n) is 6.57. The Hall–Kier alpha value is -2.34. The van der Waals surface area contributed by atoms with Crippen molar-refractivity contribution in [1.29, 1.82) is 0 Å². The molecule has 0 radical (unpaired) electrons. The maximum Gasteiger partial charge on any atom is 0.326 e. The van der Waals surface area contributed by atoms with Gasteiger partial charge in [0.05, 0.1) is 6.61 Å². The Morgan fingerprint density at radius 1 is 1.36 bits per heavy atom. The summed E-state index contributed by atoms with van der Waals surface area (Å²) < 4.78 is 5.35. The van der Waals surface area contributed by atoms with Crippen molar-refractivity contribution in [3.05, 3.63) is 36.0 Å². The molecule has 1 aliphatic heterocycles. The van der Waals surface area contributed by atoms with Crippen molar-refractivity contribution in [3.63, 3.8) is 0 Å². The Kier molecular flexibility index (Phi) is 5.71. The van der Waals surface area contributed by atoms with Crippen molar-refractivity contribution in [2.75, 3.05) is 13.2 Å². The lowest BCUT2D eigenvalue weighted by atomic mass is 9.93. The van der Waals surface area contributed by atoms with Crippen LogP contribution in [0.1, 0.15) is 31.2 Å². The number of aryl methyl sites for hydroxylation is 1. The average molecular weight is 344 g/mol. The van der Waals surface area contributed by atoms with Gasteiger partial charge in [0.1, 0.15) is 6.04 Å². The molecule has 0 aliphatic carbocycles. The molecular weight excluding hydrogens is 320 g/mol. The summed E-state index contributed by atoms with van der Waals surface area (Å²) in [5.74, 6) is -1.35. The van der Waals surface area contributed by atoms with Crippen LogP contribution in [0.5, 0.6) is 0 Å². The largest absolute Gasteiger partial charge is 0.480 e. The molecule has 1 aromatic carbocycles. The molecular formula is C19H24N2O4. The van der Waals surface area contributed by atoms with Gasteiger partial charge in [-0.15, -0.1) is 0 Å². The number of aromatic nitrogens is 1. The molecule has 6 heteroatoms. The number of H-pyrrole nitrogens is 1. The van der Waals surface area contributed by atoms with E-state index >= 15 is 0 Å². The van der Waals surface area contributed by atoms with Crippen LogP contribution in [-0.2, 0) is 20.7 Å². The van der Waals surface area contributed by atoms with Crippen LogP contribution in [-0.4, -0.2) is 41.2 Å². The van der Waals surface area contributed by atoms with Crippen LogP contribution < -0.4 is 5.32 Å². The number of nitrogens with one attached hydrogen (secondary N) is 2. The fraction of sp³-hybridized carbons (Fsp3) is 0.474. The Balaban J connectivity index is 1.50. The molecule has 2 unspecified atom stereocenters. The summed E-state index contributed by atoms with van der Waals surface area (Å²) in [6, 6.07) is 7.20. The van der Waals surface area contributed by atoms with Gasteiger partial charge in [0.15, 0.2) is 0 Å². The molecule has 1 amide bonds. The lowest BCUT2D eigenvalue weighted by Gasteiger charge is -2.28. The first kappa shape index (κ1) is 17.5. The molecule has 1 fully saturated rings. The molecule has 0 bridgehead atoms. The number of amides is 1. The van der Waals surface area contributed by atoms with Gasteiger partial charge in [-0.25, -0.2) is 4.79 Å². The molecule has 0 saturated carbocycles. The van der Waals surface area contributed by atoms with Crippen LogP contribution in [0.2, 0.25) is 0 Å². The van der Waals surface area contributed by atoms with Gasteiger partial charge in [-0.2, -0.15) is 0 Å². The molecule has 2 atom stereocenters. The quantitative estimate of drug-likeness (QED) is 0.720. The molecule has 0 spiro atoms. The minimum absolute atomic E-state index is 0.149. The maximum absolute atomic E-state index is 12.2. The second kappa shape index (κ2) is 8.16. The van der Waals surface area contributed by atoms with Crippen molar-refractivity contribution >= 4 is 22.8 Å². The number of fused-ring (bicyclic) bond motifs is 1. The van der Waals surface area contributed by atoms with E-state index in [0.29, 0.717) is 26.1 Å². The van der Waals surface area contributed by atoms with Crippen LogP contribution in [0.15, 0.2) is 30.5 Å². The highest BCUT2D eigenvalue weighted by molar-refractivity contribution is 5.84. The second-order valence-corrected chi connectivity index (χ2v) is 6.57. The third-order valence-electron chi connectivity index (χ3n) is 4.77. The SMILES string of the molecule is O=C(CCCc1c[nH]c2ccccc12)NC(C(=O)O)C1CCCOC1. The molecule has 6 nitrogen and oxygen atoms in total. The standard InChI is InChI=1S/C19H24N2O4/c22-17(21-18(19(23)24)14-6-4-10-25-12-14)9-3-5-13-11-20-16-8-2-1-7-15(13)16/h1-2,7-8,11,14,18,20H,3-6,9-10,12H2,(H,21,22)(H,23,24). The Morgan fingerprint density at radius 2 is 2.20 bits per heavy atom. The highest BCUT2D eigenvalue weighted by Gasteiger charge is 2.31. The number of carbonyl (C=O) groups is 2. The fourth-order valence-electron chi connectivity index (χ4n) is 3.43. The number of aliphatic carboxylic acids is 1. The summed E-state index contributed by atoms with van der Waals surface area (Å²) in [6.07, 6.45) is 5.36. The third-order valence-corrected chi connectivity index (χ3v) is 4.77. The highest BCUT2D eigenvalue weighted by atomic mass is 16.5. The van der Waals surface area contributed by atoms with Crippen molar-refractivity contribution in [2.24, 2.45) is 5.92 Å². The first-order valence-electron chi connectivity index (χ1n) is 8.80. The number of carbonyl (C=O) groups excluding carboxylic acids is 1. The molecule has 1 aromatic heterocycles. The number of carboxylic acid groups (broad SMARTS) is 1. The zero-order chi connectivity index (χ0) is 17.6. The van der Waals surface area contributed by atoms with E-state index in [9.17, 15) is 14.7 Å². The summed E-state index contributed by atoms with van der Waals surface area (Å²) in [7, 11) is 0. The van der Waals surface area contributed by atoms with Gasteiger partial charge in [0.25, 0.3) is 0 Å². The smallest absolute Gasteiger partial charge is 0.326 e. The predicted molar refractivity (Wildman–Crippen MR) is 94.3 cm³/mol. The first-order chi connectivity index (χ1) is 12.1. The van der Waals surface area contributed by atoms with E-state index in [4.69, 9.17) is 4.74 Å². The van der Waals surface area contributed by atoms with Crippen LogP contribution in [0, 0.1) is 5.92 Å². The van der Waals surface area contributed by atoms with E-state index < -0.39 is 12.0 Å². The van der Waals surface area contributed by atoms with Gasteiger partial charge >= 0.3 is 5.97 Å². The van der Waals surface area contributed by atoms with Gasteiger partial charge in [-0.1, -0.05) is 18.2 Å². The van der Waals surface area contributed by atoms with Crippen molar-refractivity contribution in [2.45, 2.75) is 38.1 Å². The van der Waals surface area contributed by atoms with E-state index in [1.54, 1.807) is 0 Å². The predicted octanol–water partition coefficient (Wildman–Crippen LogP) is 2.49. The average Bonchev–Trinajstić information content (AvgIpc) is 3.03. The number of benzene rings is 1. The van der Waals surface area contributed by atoms with Gasteiger partial charge in [-0.3, -0.25) is 4.79 Å². The fourth-order valence-corrected chi connectivity index (χ4v) is 3.43. The molecule has 2 heterocycles. The van der Waals surface area contributed by atoms with Crippen LogP contribution in [0.25, 0.3) is 10.9 Å². The van der Waals surface area contributed by atoms with Gasteiger partial charge < -0.3 is 20.1 Å². The minimum Gasteiger partial charge on any atom is -0.480 e. The highest BCUT2D eigenvalue weighted by Crippen LogP contribution is 2.20. The number of para-hydroxylation sites is 1. The van der Waals surface area contributed by atoms with E-state index in [0.717, 1.165) is 24.8 Å². The summed E-state index contributed by atoms with van der Waals surface area (Å²) in [5.41, 5.74) is 2.27. The third kappa shape index (κ3) is 4.39. The monoisotopic (exact) mass is 344 g/mol. The number of carboxylic acids is 1. The number of aromatic amines is 1. The lowest BCUT2D eigenvalue weighted by molar-refractivity contribution is -0.145. The van der Waals surface area contributed by atoms with Crippen molar-refractivity contribution < 1.29 is 19.4 Å². The first-order valence-corrected chi connectivity index (χ1v) is 8.80. The zero-order valence-electron chi connectivity index (χ0n) is 14.2. The molecule has 1 saturated heterocycles.